The lowest BCUT2D eigenvalue weighted by Gasteiger charge is -2.13. The molecule has 0 N–H and O–H groups in total. The van der Waals surface area contributed by atoms with Crippen molar-refractivity contribution >= 4 is 11.7 Å². The Hall–Kier alpha value is -2.36. The van der Waals surface area contributed by atoms with Gasteiger partial charge in [-0.3, -0.25) is 9.59 Å². The highest BCUT2D eigenvalue weighted by Gasteiger charge is 2.28. The van der Waals surface area contributed by atoms with Crippen LogP contribution in [0.4, 0.5) is 0 Å². The van der Waals surface area contributed by atoms with Crippen LogP contribution in [-0.4, -0.2) is 23.1 Å². The quantitative estimate of drug-likeness (QED) is 0.773. The van der Waals surface area contributed by atoms with E-state index in [1.165, 1.54) is 11.2 Å². The van der Waals surface area contributed by atoms with Gasteiger partial charge in [-0.1, -0.05) is 18.2 Å². The van der Waals surface area contributed by atoms with Gasteiger partial charge >= 0.3 is 0 Å². The Morgan fingerprint density at radius 3 is 2.78 bits per heavy atom. The van der Waals surface area contributed by atoms with Gasteiger partial charge in [0.05, 0.1) is 12.8 Å². The Bertz CT molecular complexity index is 601. The molecule has 0 saturated heterocycles. The van der Waals surface area contributed by atoms with Crippen molar-refractivity contribution in [3.63, 3.8) is 0 Å². The van der Waals surface area contributed by atoms with E-state index in [1.54, 1.807) is 18.2 Å². The molecule has 18 heavy (non-hydrogen) atoms. The second kappa shape index (κ2) is 4.14. The third-order valence-electron chi connectivity index (χ3n) is 3.03. The van der Waals surface area contributed by atoms with Gasteiger partial charge in [0.1, 0.15) is 0 Å². The first-order valence-electron chi connectivity index (χ1n) is 5.69. The zero-order valence-electron chi connectivity index (χ0n) is 9.63. The fourth-order valence-corrected chi connectivity index (χ4v) is 2.13. The molecule has 0 spiro atoms. The van der Waals surface area contributed by atoms with Crippen molar-refractivity contribution in [1.29, 1.82) is 0 Å². The molecule has 4 heteroatoms. The molecule has 0 atom stereocenters. The molecule has 1 aliphatic rings. The number of fused-ring (bicyclic) bond motifs is 1. The molecule has 3 rings (SSSR count). The molecular formula is C14H11NO3. The summed E-state index contributed by atoms with van der Waals surface area (Å²) in [5.41, 5.74) is 1.65. The number of ketones is 1. The van der Waals surface area contributed by atoms with Gasteiger partial charge in [0, 0.05) is 12.1 Å². The summed E-state index contributed by atoms with van der Waals surface area (Å²) in [6.45, 7) is 0.544. The minimum absolute atomic E-state index is 0.0566. The number of carbonyl (C=O) groups excluding carboxylic acids is 2. The smallest absolute Gasteiger partial charge is 0.254 e. The number of hydrogen-bond donors (Lipinski definition) is 0. The number of benzene rings is 1. The predicted molar refractivity (Wildman–Crippen MR) is 64.2 cm³/mol. The van der Waals surface area contributed by atoms with Crippen LogP contribution in [0.5, 0.6) is 0 Å². The third kappa shape index (κ3) is 1.72. The zero-order chi connectivity index (χ0) is 12.5. The van der Waals surface area contributed by atoms with Gasteiger partial charge in [-0.2, -0.15) is 0 Å². The van der Waals surface area contributed by atoms with E-state index in [4.69, 9.17) is 4.42 Å². The number of amides is 1. The lowest BCUT2D eigenvalue weighted by molar-refractivity contribution is 0.0720. The van der Waals surface area contributed by atoms with Crippen LogP contribution < -0.4 is 0 Å². The molecule has 0 fully saturated rings. The molecule has 1 aromatic carbocycles. The van der Waals surface area contributed by atoms with Crippen LogP contribution in [0.2, 0.25) is 0 Å². The predicted octanol–water partition coefficient (Wildman–Crippen LogP) is 2.12. The van der Waals surface area contributed by atoms with Crippen molar-refractivity contribution in [2.24, 2.45) is 0 Å². The second-order valence-electron chi connectivity index (χ2n) is 4.22. The minimum atomic E-state index is -0.179. The van der Waals surface area contributed by atoms with Crippen molar-refractivity contribution in [3.8, 4) is 0 Å². The Morgan fingerprint density at radius 2 is 2.06 bits per heavy atom. The topological polar surface area (TPSA) is 50.5 Å². The van der Waals surface area contributed by atoms with E-state index in [0.717, 1.165) is 5.56 Å². The van der Waals surface area contributed by atoms with Crippen LogP contribution in [-0.2, 0) is 6.54 Å². The molecule has 4 nitrogen and oxygen atoms in total. The number of carbonyl (C=O) groups is 2. The van der Waals surface area contributed by atoms with E-state index in [-0.39, 0.29) is 18.2 Å². The van der Waals surface area contributed by atoms with E-state index in [0.29, 0.717) is 17.9 Å². The van der Waals surface area contributed by atoms with E-state index < -0.39 is 0 Å². The van der Waals surface area contributed by atoms with Crippen molar-refractivity contribution in [2.45, 2.75) is 6.54 Å². The fourth-order valence-electron chi connectivity index (χ4n) is 2.13. The highest BCUT2D eigenvalue weighted by Crippen LogP contribution is 2.22. The number of nitrogens with zero attached hydrogens (tertiary/aromatic N) is 1. The monoisotopic (exact) mass is 241 g/mol. The molecule has 0 bridgehead atoms. The molecule has 1 aromatic heterocycles. The number of rotatable bonds is 3. The second-order valence-corrected chi connectivity index (χ2v) is 4.22. The summed E-state index contributed by atoms with van der Waals surface area (Å²) in [6.07, 6.45) is 1.45. The Labute approximate surface area is 104 Å². The van der Waals surface area contributed by atoms with Crippen molar-refractivity contribution < 1.29 is 14.0 Å². The number of furan rings is 1. The first kappa shape index (κ1) is 10.8. The van der Waals surface area contributed by atoms with Gasteiger partial charge in [-0.15, -0.1) is 0 Å². The van der Waals surface area contributed by atoms with Gasteiger partial charge in [-0.25, -0.2) is 0 Å². The fraction of sp³-hybridized carbons (Fsp3) is 0.143. The lowest BCUT2D eigenvalue weighted by atomic mass is 10.1. The Balaban J connectivity index is 1.77. The zero-order valence-corrected chi connectivity index (χ0v) is 9.63. The van der Waals surface area contributed by atoms with Gasteiger partial charge in [0.2, 0.25) is 5.78 Å². The van der Waals surface area contributed by atoms with Gasteiger partial charge in [-0.05, 0) is 23.8 Å². The van der Waals surface area contributed by atoms with Crippen LogP contribution >= 0.6 is 0 Å². The summed E-state index contributed by atoms with van der Waals surface area (Å²) in [5.74, 6) is 0.0189. The Morgan fingerprint density at radius 1 is 1.22 bits per heavy atom. The van der Waals surface area contributed by atoms with E-state index >= 15 is 0 Å². The molecule has 2 aromatic rings. The first-order valence-corrected chi connectivity index (χ1v) is 5.69. The van der Waals surface area contributed by atoms with Crippen LogP contribution in [0.1, 0.15) is 26.5 Å². The van der Waals surface area contributed by atoms with Crippen molar-refractivity contribution in [3.05, 3.63) is 59.5 Å². The summed E-state index contributed by atoms with van der Waals surface area (Å²) < 4.78 is 5.03. The highest BCUT2D eigenvalue weighted by molar-refractivity contribution is 6.03. The van der Waals surface area contributed by atoms with Gasteiger partial charge in [0.15, 0.2) is 5.76 Å². The summed E-state index contributed by atoms with van der Waals surface area (Å²) in [5, 5.41) is 0. The SMILES string of the molecule is O=C(CN1Cc2ccccc2C1=O)c1ccco1. The average Bonchev–Trinajstić information content (AvgIpc) is 3.00. The largest absolute Gasteiger partial charge is 0.461 e. The maximum Gasteiger partial charge on any atom is 0.254 e. The molecule has 0 aliphatic carbocycles. The summed E-state index contributed by atoms with van der Waals surface area (Å²) in [4.78, 5) is 25.5. The normalized spacial score (nSPS) is 13.8. The van der Waals surface area contributed by atoms with E-state index in [1.807, 2.05) is 18.2 Å². The van der Waals surface area contributed by atoms with Crippen LogP contribution in [0, 0.1) is 0 Å². The summed E-state index contributed by atoms with van der Waals surface area (Å²) in [6, 6.07) is 10.7. The van der Waals surface area contributed by atoms with Crippen molar-refractivity contribution in [1.82, 2.24) is 4.90 Å². The summed E-state index contributed by atoms with van der Waals surface area (Å²) in [7, 11) is 0. The lowest BCUT2D eigenvalue weighted by Crippen LogP contribution is -2.30. The average molecular weight is 241 g/mol. The Kier molecular flexibility index (Phi) is 2.48. The first-order chi connectivity index (χ1) is 8.75. The molecule has 1 aliphatic heterocycles. The molecule has 0 saturated carbocycles. The molecule has 90 valence electrons. The maximum atomic E-state index is 12.0. The maximum absolute atomic E-state index is 12.0. The third-order valence-corrected chi connectivity index (χ3v) is 3.03. The number of hydrogen-bond acceptors (Lipinski definition) is 3. The van der Waals surface area contributed by atoms with Crippen LogP contribution in [0.25, 0.3) is 0 Å². The molecule has 0 unspecified atom stereocenters. The molecular weight excluding hydrogens is 230 g/mol. The van der Waals surface area contributed by atoms with Crippen LogP contribution in [0.15, 0.2) is 47.1 Å². The summed E-state index contributed by atoms with van der Waals surface area (Å²) >= 11 is 0. The minimum Gasteiger partial charge on any atom is -0.461 e. The van der Waals surface area contributed by atoms with Gasteiger partial charge < -0.3 is 9.32 Å². The van der Waals surface area contributed by atoms with E-state index in [2.05, 4.69) is 0 Å². The van der Waals surface area contributed by atoms with Crippen molar-refractivity contribution in [2.75, 3.05) is 6.54 Å². The van der Waals surface area contributed by atoms with E-state index in [9.17, 15) is 9.59 Å². The molecule has 0 radical (unpaired) electrons. The molecule has 2 heterocycles. The standard InChI is InChI=1S/C14H11NO3/c16-12(13-6-3-7-18-13)9-15-8-10-4-1-2-5-11(10)14(15)17/h1-7H,8-9H2. The number of Topliss-reactive ketones (excluding diaryl/α,β-unsaturated/α-hetero) is 1. The highest BCUT2D eigenvalue weighted by atomic mass is 16.3. The molecule has 1 amide bonds. The van der Waals surface area contributed by atoms with Gasteiger partial charge in [0.25, 0.3) is 5.91 Å². The van der Waals surface area contributed by atoms with Crippen LogP contribution in [0.3, 0.4) is 0 Å².